The van der Waals surface area contributed by atoms with Crippen LogP contribution in [0.2, 0.25) is 0 Å². The van der Waals surface area contributed by atoms with Crippen molar-refractivity contribution in [3.05, 3.63) is 0 Å². The molecule has 19 heavy (non-hydrogen) atoms. The Hall–Kier alpha value is -0.120. The molecule has 2 rings (SSSR count). The number of nitrogens with zero attached hydrogens (tertiary/aromatic N) is 1. The van der Waals surface area contributed by atoms with Crippen molar-refractivity contribution < 1.29 is 4.74 Å². The van der Waals surface area contributed by atoms with E-state index in [0.29, 0.717) is 12.1 Å². The Bertz CT molecular complexity index is 233. The van der Waals surface area contributed by atoms with Crippen molar-refractivity contribution in [2.24, 2.45) is 5.92 Å². The number of hydrogen-bond donors (Lipinski definition) is 1. The fraction of sp³-hybridized carbons (Fsp3) is 1.00. The van der Waals surface area contributed by atoms with Gasteiger partial charge in [0.05, 0.1) is 6.10 Å². The zero-order valence-corrected chi connectivity index (χ0v) is 12.9. The molecular weight excluding hydrogens is 236 g/mol. The minimum Gasteiger partial charge on any atom is -0.377 e. The summed E-state index contributed by atoms with van der Waals surface area (Å²) in [6.45, 7) is 10.4. The maximum Gasteiger partial charge on any atom is 0.0700 e. The number of ether oxygens (including phenoxy) is 1. The molecule has 3 heteroatoms. The highest BCUT2D eigenvalue weighted by molar-refractivity contribution is 4.78. The van der Waals surface area contributed by atoms with Crippen LogP contribution in [-0.4, -0.2) is 49.8 Å². The van der Waals surface area contributed by atoms with E-state index < -0.39 is 0 Å². The van der Waals surface area contributed by atoms with Crippen LogP contribution in [0.1, 0.15) is 52.4 Å². The summed E-state index contributed by atoms with van der Waals surface area (Å²) in [5.41, 5.74) is 0. The van der Waals surface area contributed by atoms with Crippen molar-refractivity contribution in [3.63, 3.8) is 0 Å². The van der Waals surface area contributed by atoms with Crippen LogP contribution in [0.5, 0.6) is 0 Å². The maximum atomic E-state index is 5.65. The Labute approximate surface area is 119 Å². The molecule has 0 bridgehead atoms. The second-order valence-corrected chi connectivity index (χ2v) is 6.41. The van der Waals surface area contributed by atoms with E-state index in [1.165, 1.54) is 51.6 Å². The van der Waals surface area contributed by atoms with Gasteiger partial charge in [-0.15, -0.1) is 0 Å². The minimum absolute atomic E-state index is 0.475. The zero-order chi connectivity index (χ0) is 13.5. The first kappa shape index (κ1) is 15.3. The predicted octanol–water partition coefficient (Wildman–Crippen LogP) is 2.66. The van der Waals surface area contributed by atoms with Crippen molar-refractivity contribution in [2.45, 2.75) is 64.5 Å². The first-order valence-electron chi connectivity index (χ1n) is 8.36. The van der Waals surface area contributed by atoms with Crippen LogP contribution in [0, 0.1) is 5.92 Å². The van der Waals surface area contributed by atoms with E-state index in [9.17, 15) is 0 Å². The van der Waals surface area contributed by atoms with Gasteiger partial charge in [-0.05, 0) is 51.6 Å². The van der Waals surface area contributed by atoms with Gasteiger partial charge in [0.25, 0.3) is 0 Å². The van der Waals surface area contributed by atoms with Gasteiger partial charge in [-0.2, -0.15) is 0 Å². The quantitative estimate of drug-likeness (QED) is 0.768. The first-order chi connectivity index (χ1) is 9.29. The molecule has 2 aliphatic rings. The van der Waals surface area contributed by atoms with E-state index in [-0.39, 0.29) is 0 Å². The number of rotatable bonds is 7. The van der Waals surface area contributed by atoms with Crippen LogP contribution in [0.4, 0.5) is 0 Å². The molecule has 0 aromatic rings. The van der Waals surface area contributed by atoms with Gasteiger partial charge >= 0.3 is 0 Å². The Balaban J connectivity index is 1.57. The van der Waals surface area contributed by atoms with E-state index in [0.717, 1.165) is 25.6 Å². The lowest BCUT2D eigenvalue weighted by atomic mass is 9.92. The van der Waals surface area contributed by atoms with Crippen LogP contribution in [-0.2, 0) is 4.74 Å². The van der Waals surface area contributed by atoms with Crippen LogP contribution >= 0.6 is 0 Å². The Kier molecular flexibility index (Phi) is 6.62. The maximum absolute atomic E-state index is 5.65. The van der Waals surface area contributed by atoms with Gasteiger partial charge in [0.15, 0.2) is 0 Å². The monoisotopic (exact) mass is 268 g/mol. The number of likely N-dealkylation sites (tertiary alicyclic amines) is 1. The minimum atomic E-state index is 0.475. The third-order valence-corrected chi connectivity index (χ3v) is 4.81. The molecule has 2 saturated heterocycles. The Morgan fingerprint density at radius 3 is 2.68 bits per heavy atom. The molecule has 2 heterocycles. The van der Waals surface area contributed by atoms with Crippen molar-refractivity contribution in [1.82, 2.24) is 10.2 Å². The largest absolute Gasteiger partial charge is 0.377 e. The normalized spacial score (nSPS) is 27.8. The standard InChI is InChI=1S/C16H32N2O/c1-3-5-15-7-9-18(10-8-15)14(2)12-17-13-16-6-4-11-19-16/h14-17H,3-13H2,1-2H3. The van der Waals surface area contributed by atoms with E-state index >= 15 is 0 Å². The SMILES string of the molecule is CCCC1CCN(C(C)CNCC2CCCO2)CC1. The molecule has 0 radical (unpaired) electrons. The molecule has 112 valence electrons. The number of nitrogens with one attached hydrogen (secondary N) is 1. The molecule has 0 amide bonds. The molecule has 2 atom stereocenters. The number of piperidine rings is 1. The highest BCUT2D eigenvalue weighted by Gasteiger charge is 2.22. The molecule has 0 aromatic heterocycles. The van der Waals surface area contributed by atoms with Gasteiger partial charge < -0.3 is 10.1 Å². The average Bonchev–Trinajstić information content (AvgIpc) is 2.93. The summed E-state index contributed by atoms with van der Waals surface area (Å²) in [7, 11) is 0. The molecule has 0 spiro atoms. The highest BCUT2D eigenvalue weighted by atomic mass is 16.5. The molecule has 2 aliphatic heterocycles. The lowest BCUT2D eigenvalue weighted by molar-refractivity contribution is 0.102. The lowest BCUT2D eigenvalue weighted by Crippen LogP contribution is -2.45. The smallest absolute Gasteiger partial charge is 0.0700 e. The van der Waals surface area contributed by atoms with Crippen molar-refractivity contribution in [3.8, 4) is 0 Å². The van der Waals surface area contributed by atoms with Crippen LogP contribution in [0.25, 0.3) is 0 Å². The Morgan fingerprint density at radius 2 is 2.05 bits per heavy atom. The van der Waals surface area contributed by atoms with E-state index in [4.69, 9.17) is 4.74 Å². The van der Waals surface area contributed by atoms with E-state index in [1.54, 1.807) is 0 Å². The van der Waals surface area contributed by atoms with Crippen molar-refractivity contribution >= 4 is 0 Å². The highest BCUT2D eigenvalue weighted by Crippen LogP contribution is 2.22. The summed E-state index contributed by atoms with van der Waals surface area (Å²) in [6, 6.07) is 0.670. The first-order valence-corrected chi connectivity index (χ1v) is 8.36. The van der Waals surface area contributed by atoms with Crippen LogP contribution in [0.15, 0.2) is 0 Å². The lowest BCUT2D eigenvalue weighted by Gasteiger charge is -2.36. The molecular formula is C16H32N2O. The predicted molar refractivity (Wildman–Crippen MR) is 80.5 cm³/mol. The zero-order valence-electron chi connectivity index (χ0n) is 12.9. The van der Waals surface area contributed by atoms with Gasteiger partial charge in [0, 0.05) is 25.7 Å². The third kappa shape index (κ3) is 5.05. The summed E-state index contributed by atoms with van der Waals surface area (Å²) in [4.78, 5) is 2.66. The average molecular weight is 268 g/mol. The van der Waals surface area contributed by atoms with Crippen molar-refractivity contribution in [2.75, 3.05) is 32.8 Å². The van der Waals surface area contributed by atoms with Gasteiger partial charge in [0.1, 0.15) is 0 Å². The van der Waals surface area contributed by atoms with E-state index in [1.807, 2.05) is 0 Å². The molecule has 0 aromatic carbocycles. The van der Waals surface area contributed by atoms with Crippen LogP contribution in [0.3, 0.4) is 0 Å². The summed E-state index contributed by atoms with van der Waals surface area (Å²) in [6.07, 6.45) is 8.55. The Morgan fingerprint density at radius 1 is 1.26 bits per heavy atom. The van der Waals surface area contributed by atoms with Gasteiger partial charge in [-0.25, -0.2) is 0 Å². The molecule has 2 unspecified atom stereocenters. The molecule has 1 N–H and O–H groups in total. The van der Waals surface area contributed by atoms with Gasteiger partial charge in [-0.1, -0.05) is 19.8 Å². The second-order valence-electron chi connectivity index (χ2n) is 6.41. The van der Waals surface area contributed by atoms with Gasteiger partial charge in [-0.3, -0.25) is 4.90 Å². The molecule has 0 saturated carbocycles. The summed E-state index contributed by atoms with van der Waals surface area (Å²) in [5.74, 6) is 0.994. The van der Waals surface area contributed by atoms with Crippen molar-refractivity contribution in [1.29, 1.82) is 0 Å². The third-order valence-electron chi connectivity index (χ3n) is 4.81. The van der Waals surface area contributed by atoms with Crippen LogP contribution < -0.4 is 5.32 Å². The fourth-order valence-electron chi connectivity index (χ4n) is 3.48. The number of hydrogen-bond acceptors (Lipinski definition) is 3. The topological polar surface area (TPSA) is 24.5 Å². The summed E-state index contributed by atoms with van der Waals surface area (Å²) in [5, 5.41) is 3.59. The summed E-state index contributed by atoms with van der Waals surface area (Å²) >= 11 is 0. The molecule has 2 fully saturated rings. The second kappa shape index (κ2) is 8.23. The molecule has 3 nitrogen and oxygen atoms in total. The van der Waals surface area contributed by atoms with Gasteiger partial charge in [0.2, 0.25) is 0 Å². The van der Waals surface area contributed by atoms with E-state index in [2.05, 4.69) is 24.1 Å². The molecule has 0 aliphatic carbocycles. The fourth-order valence-corrected chi connectivity index (χ4v) is 3.48. The summed E-state index contributed by atoms with van der Waals surface area (Å²) < 4.78 is 5.65.